The molecule has 0 aliphatic heterocycles. The first kappa shape index (κ1) is 11.5. The third-order valence-electron chi connectivity index (χ3n) is 3.22. The van der Waals surface area contributed by atoms with Gasteiger partial charge in [-0.2, -0.15) is 0 Å². The Labute approximate surface area is 85.5 Å². The molecular formula is C11H20O3. The van der Waals surface area contributed by atoms with E-state index in [1.807, 2.05) is 6.92 Å². The molecule has 1 fully saturated rings. The van der Waals surface area contributed by atoms with E-state index < -0.39 is 11.6 Å². The third kappa shape index (κ3) is 2.27. The molecule has 3 nitrogen and oxygen atoms in total. The van der Waals surface area contributed by atoms with E-state index in [-0.39, 0.29) is 5.41 Å². The standard InChI is InChI=1S/C11H20O3/c1-4-14-11(9(12)13)7-5-10(2,3)6-8-11/h4-8H2,1-3H3,(H,12,13). The fourth-order valence-electron chi connectivity index (χ4n) is 2.03. The molecule has 1 aliphatic rings. The van der Waals surface area contributed by atoms with E-state index >= 15 is 0 Å². The minimum absolute atomic E-state index is 0.274. The van der Waals surface area contributed by atoms with Crippen LogP contribution in [0.1, 0.15) is 46.5 Å². The number of rotatable bonds is 3. The summed E-state index contributed by atoms with van der Waals surface area (Å²) in [6.07, 6.45) is 3.14. The van der Waals surface area contributed by atoms with Crippen LogP contribution in [0.25, 0.3) is 0 Å². The molecule has 0 atom stereocenters. The summed E-state index contributed by atoms with van der Waals surface area (Å²) in [7, 11) is 0. The first-order chi connectivity index (χ1) is 6.42. The maximum Gasteiger partial charge on any atom is 0.335 e. The topological polar surface area (TPSA) is 46.5 Å². The van der Waals surface area contributed by atoms with E-state index in [2.05, 4.69) is 13.8 Å². The molecule has 0 spiro atoms. The van der Waals surface area contributed by atoms with Crippen molar-refractivity contribution in [2.45, 2.75) is 52.1 Å². The fraction of sp³-hybridized carbons (Fsp3) is 0.909. The number of hydrogen-bond donors (Lipinski definition) is 1. The van der Waals surface area contributed by atoms with E-state index in [1.165, 1.54) is 0 Å². The van der Waals surface area contributed by atoms with Crippen LogP contribution in [-0.4, -0.2) is 23.3 Å². The van der Waals surface area contributed by atoms with Crippen molar-refractivity contribution in [1.29, 1.82) is 0 Å². The molecule has 0 heterocycles. The summed E-state index contributed by atoms with van der Waals surface area (Å²) in [5, 5.41) is 9.17. The number of ether oxygens (including phenoxy) is 1. The van der Waals surface area contributed by atoms with E-state index in [4.69, 9.17) is 9.84 Å². The van der Waals surface area contributed by atoms with Crippen molar-refractivity contribution < 1.29 is 14.6 Å². The normalized spacial score (nSPS) is 24.5. The maximum atomic E-state index is 11.2. The summed E-state index contributed by atoms with van der Waals surface area (Å²) in [6, 6.07) is 0. The van der Waals surface area contributed by atoms with Crippen LogP contribution >= 0.6 is 0 Å². The Bertz CT molecular complexity index is 211. The molecule has 0 radical (unpaired) electrons. The molecule has 0 aromatic carbocycles. The quantitative estimate of drug-likeness (QED) is 0.761. The van der Waals surface area contributed by atoms with Crippen LogP contribution < -0.4 is 0 Å². The lowest BCUT2D eigenvalue weighted by atomic mass is 9.71. The molecule has 1 rings (SSSR count). The largest absolute Gasteiger partial charge is 0.479 e. The Morgan fingerprint density at radius 3 is 2.14 bits per heavy atom. The van der Waals surface area contributed by atoms with E-state index in [0.29, 0.717) is 19.4 Å². The second kappa shape index (κ2) is 3.89. The minimum atomic E-state index is -0.899. The van der Waals surface area contributed by atoms with Gasteiger partial charge in [0.25, 0.3) is 0 Å². The highest BCUT2D eigenvalue weighted by Gasteiger charge is 2.44. The van der Waals surface area contributed by atoms with Crippen LogP contribution in [0, 0.1) is 5.41 Å². The van der Waals surface area contributed by atoms with Gasteiger partial charge in [-0.05, 0) is 38.0 Å². The van der Waals surface area contributed by atoms with E-state index in [0.717, 1.165) is 12.8 Å². The number of hydrogen-bond acceptors (Lipinski definition) is 2. The Kier molecular flexibility index (Phi) is 3.20. The summed E-state index contributed by atoms with van der Waals surface area (Å²) >= 11 is 0. The molecule has 3 heteroatoms. The monoisotopic (exact) mass is 200 g/mol. The Morgan fingerprint density at radius 2 is 1.79 bits per heavy atom. The molecule has 0 unspecified atom stereocenters. The van der Waals surface area contributed by atoms with Gasteiger partial charge in [-0.15, -0.1) is 0 Å². The highest BCUT2D eigenvalue weighted by atomic mass is 16.5. The number of carboxylic acid groups (broad SMARTS) is 1. The summed E-state index contributed by atoms with van der Waals surface area (Å²) in [6.45, 7) is 6.70. The van der Waals surface area contributed by atoms with Gasteiger partial charge in [0.15, 0.2) is 5.60 Å². The van der Waals surface area contributed by atoms with Gasteiger partial charge in [0.05, 0.1) is 0 Å². The van der Waals surface area contributed by atoms with Gasteiger partial charge in [0.1, 0.15) is 0 Å². The highest BCUT2D eigenvalue weighted by molar-refractivity contribution is 5.77. The van der Waals surface area contributed by atoms with Crippen LogP contribution in [0.15, 0.2) is 0 Å². The molecule has 1 N–H and O–H groups in total. The smallest absolute Gasteiger partial charge is 0.335 e. The van der Waals surface area contributed by atoms with E-state index in [9.17, 15) is 4.79 Å². The predicted octanol–water partition coefficient (Wildman–Crippen LogP) is 2.45. The van der Waals surface area contributed by atoms with Crippen LogP contribution in [-0.2, 0) is 9.53 Å². The van der Waals surface area contributed by atoms with Gasteiger partial charge < -0.3 is 9.84 Å². The Morgan fingerprint density at radius 1 is 1.29 bits per heavy atom. The van der Waals surface area contributed by atoms with Gasteiger partial charge in [-0.1, -0.05) is 13.8 Å². The second-order valence-corrected chi connectivity index (χ2v) is 4.90. The zero-order chi connectivity index (χ0) is 10.8. The van der Waals surface area contributed by atoms with Crippen molar-refractivity contribution in [3.8, 4) is 0 Å². The molecule has 0 aromatic heterocycles. The highest BCUT2D eigenvalue weighted by Crippen LogP contribution is 2.42. The maximum absolute atomic E-state index is 11.2. The fourth-order valence-corrected chi connectivity index (χ4v) is 2.03. The van der Waals surface area contributed by atoms with Gasteiger partial charge >= 0.3 is 5.97 Å². The zero-order valence-electron chi connectivity index (χ0n) is 9.30. The predicted molar refractivity (Wildman–Crippen MR) is 54.2 cm³/mol. The molecule has 0 aromatic rings. The van der Waals surface area contributed by atoms with Crippen LogP contribution in [0.4, 0.5) is 0 Å². The molecule has 0 bridgehead atoms. The van der Waals surface area contributed by atoms with Gasteiger partial charge in [0.2, 0.25) is 0 Å². The lowest BCUT2D eigenvalue weighted by Crippen LogP contribution is -2.46. The summed E-state index contributed by atoms with van der Waals surface area (Å²) in [4.78, 5) is 11.2. The SMILES string of the molecule is CCOC1(C(=O)O)CCC(C)(C)CC1. The number of carbonyl (C=O) groups is 1. The molecule has 0 amide bonds. The first-order valence-corrected chi connectivity index (χ1v) is 5.29. The molecule has 1 aliphatic carbocycles. The summed E-state index contributed by atoms with van der Waals surface area (Å²) < 4.78 is 5.43. The summed E-state index contributed by atoms with van der Waals surface area (Å²) in [5.74, 6) is -0.796. The zero-order valence-corrected chi connectivity index (χ0v) is 9.30. The minimum Gasteiger partial charge on any atom is -0.479 e. The second-order valence-electron chi connectivity index (χ2n) is 4.90. The molecule has 0 saturated heterocycles. The lowest BCUT2D eigenvalue weighted by Gasteiger charge is -2.40. The Hall–Kier alpha value is -0.570. The van der Waals surface area contributed by atoms with Crippen molar-refractivity contribution in [3.05, 3.63) is 0 Å². The lowest BCUT2D eigenvalue weighted by molar-refractivity contribution is -0.173. The third-order valence-corrected chi connectivity index (χ3v) is 3.22. The van der Waals surface area contributed by atoms with Crippen molar-refractivity contribution in [3.63, 3.8) is 0 Å². The Balaban J connectivity index is 2.69. The molecule has 82 valence electrons. The molecule has 1 saturated carbocycles. The first-order valence-electron chi connectivity index (χ1n) is 5.29. The van der Waals surface area contributed by atoms with Crippen LogP contribution in [0.2, 0.25) is 0 Å². The number of carboxylic acids is 1. The van der Waals surface area contributed by atoms with Crippen molar-refractivity contribution in [2.75, 3.05) is 6.61 Å². The van der Waals surface area contributed by atoms with Crippen LogP contribution in [0.5, 0.6) is 0 Å². The number of aliphatic carboxylic acids is 1. The average Bonchev–Trinajstić information content (AvgIpc) is 2.09. The van der Waals surface area contributed by atoms with Gasteiger partial charge in [-0.3, -0.25) is 0 Å². The van der Waals surface area contributed by atoms with Gasteiger partial charge in [-0.25, -0.2) is 4.79 Å². The molecule has 14 heavy (non-hydrogen) atoms. The molecular weight excluding hydrogens is 180 g/mol. The average molecular weight is 200 g/mol. The van der Waals surface area contributed by atoms with Crippen molar-refractivity contribution in [1.82, 2.24) is 0 Å². The van der Waals surface area contributed by atoms with Crippen molar-refractivity contribution in [2.24, 2.45) is 5.41 Å². The summed E-state index contributed by atoms with van der Waals surface area (Å²) in [5.41, 5.74) is -0.625. The van der Waals surface area contributed by atoms with Gasteiger partial charge in [0, 0.05) is 6.61 Å². The van der Waals surface area contributed by atoms with E-state index in [1.54, 1.807) is 0 Å². The van der Waals surface area contributed by atoms with Crippen molar-refractivity contribution >= 4 is 5.97 Å². The van der Waals surface area contributed by atoms with Crippen LogP contribution in [0.3, 0.4) is 0 Å².